The Hall–Kier alpha value is -2.25. The zero-order valence-electron chi connectivity index (χ0n) is 18.0. The van der Waals surface area contributed by atoms with Crippen LogP contribution in [-0.4, -0.2) is 47.8 Å². The van der Waals surface area contributed by atoms with Crippen LogP contribution in [0.4, 0.5) is 18.0 Å². The fourth-order valence-corrected chi connectivity index (χ4v) is 3.88. The van der Waals surface area contributed by atoms with Gasteiger partial charge in [0.15, 0.2) is 0 Å². The molecular weight excluding hydrogens is 397 g/mol. The van der Waals surface area contributed by atoms with Crippen LogP contribution in [0.15, 0.2) is 30.3 Å². The summed E-state index contributed by atoms with van der Waals surface area (Å²) >= 11 is 0. The number of benzene rings is 1. The minimum Gasteiger partial charge on any atom is -0.444 e. The normalized spacial score (nSPS) is 22.7. The van der Waals surface area contributed by atoms with Crippen LogP contribution in [0.3, 0.4) is 0 Å². The van der Waals surface area contributed by atoms with Crippen molar-refractivity contribution in [1.29, 1.82) is 0 Å². The molecule has 1 unspecified atom stereocenters. The molecule has 0 saturated carbocycles. The molecule has 1 fully saturated rings. The number of halogens is 3. The van der Waals surface area contributed by atoms with Crippen LogP contribution in [0.2, 0.25) is 0 Å². The maximum absolute atomic E-state index is 13.1. The molecule has 168 valence electrons. The van der Waals surface area contributed by atoms with Gasteiger partial charge in [0.2, 0.25) is 5.91 Å². The van der Waals surface area contributed by atoms with Crippen molar-refractivity contribution in [2.24, 2.45) is 5.92 Å². The van der Waals surface area contributed by atoms with Gasteiger partial charge in [-0.05, 0) is 52.5 Å². The number of alkyl carbamates (subject to hydrolysis) is 1. The van der Waals surface area contributed by atoms with Gasteiger partial charge in [-0.15, -0.1) is 0 Å². The van der Waals surface area contributed by atoms with Crippen molar-refractivity contribution in [3.63, 3.8) is 0 Å². The predicted octanol–water partition coefficient (Wildman–Crippen LogP) is 4.87. The molecule has 0 spiro atoms. The summed E-state index contributed by atoms with van der Waals surface area (Å²) in [7, 11) is 0. The Morgan fingerprint density at radius 1 is 1.20 bits per heavy atom. The van der Waals surface area contributed by atoms with Crippen LogP contribution in [-0.2, 0) is 9.53 Å². The van der Waals surface area contributed by atoms with Crippen molar-refractivity contribution in [3.8, 4) is 0 Å². The van der Waals surface area contributed by atoms with Crippen molar-refractivity contribution < 1.29 is 27.5 Å². The summed E-state index contributed by atoms with van der Waals surface area (Å²) in [6.45, 7) is 6.00. The third kappa shape index (κ3) is 7.22. The second-order valence-corrected chi connectivity index (χ2v) is 8.84. The summed E-state index contributed by atoms with van der Waals surface area (Å²) in [6, 6.07) is 8.81. The zero-order chi connectivity index (χ0) is 22.5. The van der Waals surface area contributed by atoms with Gasteiger partial charge >= 0.3 is 12.3 Å². The van der Waals surface area contributed by atoms with Gasteiger partial charge in [0, 0.05) is 24.4 Å². The molecule has 2 amide bonds. The lowest BCUT2D eigenvalue weighted by atomic mass is 9.77. The second-order valence-electron chi connectivity index (χ2n) is 8.84. The highest BCUT2D eigenvalue weighted by molar-refractivity contribution is 5.80. The van der Waals surface area contributed by atoms with E-state index < -0.39 is 42.3 Å². The third-order valence-electron chi connectivity index (χ3n) is 5.22. The fraction of sp³-hybridized carbons (Fsp3) is 0.636. The largest absolute Gasteiger partial charge is 0.444 e. The van der Waals surface area contributed by atoms with E-state index in [0.717, 1.165) is 10.5 Å². The SMILES string of the molecule is C[C@@H]1[C@H](c2ccccc2)CC(CCCNC(=O)OC(C)(C)C)C(=O)N1CC(F)(F)F. The second kappa shape index (κ2) is 9.71. The fourth-order valence-electron chi connectivity index (χ4n) is 3.88. The van der Waals surface area contributed by atoms with Crippen molar-refractivity contribution in [3.05, 3.63) is 35.9 Å². The Labute approximate surface area is 176 Å². The van der Waals surface area contributed by atoms with Crippen LogP contribution in [0.5, 0.6) is 0 Å². The van der Waals surface area contributed by atoms with Crippen molar-refractivity contribution in [1.82, 2.24) is 10.2 Å². The van der Waals surface area contributed by atoms with Crippen LogP contribution >= 0.6 is 0 Å². The minimum atomic E-state index is -4.45. The molecule has 1 aromatic carbocycles. The Bertz CT molecular complexity index is 717. The van der Waals surface area contributed by atoms with E-state index in [1.807, 2.05) is 30.3 Å². The number of nitrogens with one attached hydrogen (secondary N) is 1. The minimum absolute atomic E-state index is 0.171. The van der Waals surface area contributed by atoms with Crippen molar-refractivity contribution >= 4 is 12.0 Å². The first kappa shape index (κ1) is 24.0. The number of piperidine rings is 1. The Morgan fingerprint density at radius 3 is 2.40 bits per heavy atom. The van der Waals surface area contributed by atoms with Gasteiger partial charge < -0.3 is 15.0 Å². The number of carbonyl (C=O) groups excluding carboxylic acids is 2. The third-order valence-corrected chi connectivity index (χ3v) is 5.22. The van der Waals surface area contributed by atoms with Crippen molar-refractivity contribution in [2.75, 3.05) is 13.1 Å². The smallest absolute Gasteiger partial charge is 0.407 e. The molecule has 1 N–H and O–H groups in total. The van der Waals surface area contributed by atoms with Gasteiger partial charge in [0.1, 0.15) is 12.1 Å². The maximum Gasteiger partial charge on any atom is 0.407 e. The number of rotatable bonds is 6. The highest BCUT2D eigenvalue weighted by Gasteiger charge is 2.44. The van der Waals surface area contributed by atoms with Gasteiger partial charge in [-0.25, -0.2) is 4.79 Å². The topological polar surface area (TPSA) is 58.6 Å². The summed E-state index contributed by atoms with van der Waals surface area (Å²) < 4.78 is 44.5. The molecule has 1 aliphatic heterocycles. The number of hydrogen-bond acceptors (Lipinski definition) is 3. The Morgan fingerprint density at radius 2 is 1.83 bits per heavy atom. The Balaban J connectivity index is 2.04. The molecule has 3 atom stereocenters. The van der Waals surface area contributed by atoms with E-state index in [2.05, 4.69) is 5.32 Å². The van der Waals surface area contributed by atoms with E-state index in [1.165, 1.54) is 0 Å². The van der Waals surface area contributed by atoms with Crippen LogP contribution in [0.25, 0.3) is 0 Å². The van der Waals surface area contributed by atoms with Gasteiger partial charge in [0.05, 0.1) is 0 Å². The number of nitrogens with zero attached hydrogens (tertiary/aromatic N) is 1. The number of carbonyl (C=O) groups is 2. The van der Waals surface area contributed by atoms with Gasteiger partial charge in [-0.2, -0.15) is 13.2 Å². The van der Waals surface area contributed by atoms with E-state index in [9.17, 15) is 22.8 Å². The quantitative estimate of drug-likeness (QED) is 0.658. The number of likely N-dealkylation sites (tertiary alicyclic amines) is 1. The molecule has 0 bridgehead atoms. The number of alkyl halides is 3. The monoisotopic (exact) mass is 428 g/mol. The Kier molecular flexibility index (Phi) is 7.77. The lowest BCUT2D eigenvalue weighted by Crippen LogP contribution is -2.53. The average molecular weight is 428 g/mol. The summed E-state index contributed by atoms with van der Waals surface area (Å²) in [4.78, 5) is 25.5. The summed E-state index contributed by atoms with van der Waals surface area (Å²) in [5.41, 5.74) is 0.321. The standard InChI is InChI=1S/C22H31F3N2O3/c1-15-18(16-9-6-5-7-10-16)13-17(19(28)27(15)14-22(23,24)25)11-8-12-26-20(29)30-21(2,3)4/h5-7,9-10,15,17-18H,8,11-14H2,1-4H3,(H,26,29)/t15-,17?,18-/m1/s1. The first-order chi connectivity index (χ1) is 13.9. The highest BCUT2D eigenvalue weighted by Crippen LogP contribution is 2.39. The number of ether oxygens (including phenoxy) is 1. The molecule has 1 aromatic rings. The molecule has 0 aliphatic carbocycles. The highest BCUT2D eigenvalue weighted by atomic mass is 19.4. The molecule has 30 heavy (non-hydrogen) atoms. The molecule has 1 aliphatic rings. The van der Waals surface area contributed by atoms with Gasteiger partial charge in [-0.1, -0.05) is 30.3 Å². The van der Waals surface area contributed by atoms with Crippen LogP contribution in [0, 0.1) is 5.92 Å². The van der Waals surface area contributed by atoms with Crippen LogP contribution < -0.4 is 5.32 Å². The van der Waals surface area contributed by atoms with E-state index in [4.69, 9.17) is 4.74 Å². The molecule has 1 heterocycles. The summed E-state index contributed by atoms with van der Waals surface area (Å²) in [6.07, 6.45) is -3.63. The zero-order valence-corrected chi connectivity index (χ0v) is 18.0. The summed E-state index contributed by atoms with van der Waals surface area (Å²) in [5.74, 6) is -1.16. The predicted molar refractivity (Wildman–Crippen MR) is 108 cm³/mol. The van der Waals surface area contributed by atoms with Crippen LogP contribution in [0.1, 0.15) is 58.4 Å². The summed E-state index contributed by atoms with van der Waals surface area (Å²) in [5, 5.41) is 2.63. The van der Waals surface area contributed by atoms with Gasteiger partial charge in [0.25, 0.3) is 0 Å². The number of hydrogen-bond donors (Lipinski definition) is 1. The van der Waals surface area contributed by atoms with Crippen molar-refractivity contribution in [2.45, 2.75) is 70.7 Å². The van der Waals surface area contributed by atoms with E-state index >= 15 is 0 Å². The van der Waals surface area contributed by atoms with E-state index in [0.29, 0.717) is 25.8 Å². The molecule has 5 nitrogen and oxygen atoms in total. The van der Waals surface area contributed by atoms with E-state index in [1.54, 1.807) is 27.7 Å². The molecular formula is C22H31F3N2O3. The molecule has 2 rings (SSSR count). The lowest BCUT2D eigenvalue weighted by Gasteiger charge is -2.43. The molecule has 8 heteroatoms. The molecule has 0 aromatic heterocycles. The lowest BCUT2D eigenvalue weighted by molar-refractivity contribution is -0.173. The first-order valence-corrected chi connectivity index (χ1v) is 10.3. The molecule has 1 saturated heterocycles. The van der Waals surface area contributed by atoms with Gasteiger partial charge in [-0.3, -0.25) is 4.79 Å². The number of amides is 2. The first-order valence-electron chi connectivity index (χ1n) is 10.3. The molecule has 0 radical (unpaired) electrons. The van der Waals surface area contributed by atoms with E-state index in [-0.39, 0.29) is 5.92 Å². The average Bonchev–Trinajstić information content (AvgIpc) is 2.62. The maximum atomic E-state index is 13.1.